The van der Waals surface area contributed by atoms with E-state index in [1.165, 1.54) is 54.9 Å². The molecule has 1 aromatic heterocycles. The Bertz CT molecular complexity index is 1740. The van der Waals surface area contributed by atoms with E-state index in [0.717, 1.165) is 11.3 Å². The fourth-order valence-electron chi connectivity index (χ4n) is 5.92. The van der Waals surface area contributed by atoms with Crippen LogP contribution in [-0.4, -0.2) is 4.98 Å². The lowest BCUT2D eigenvalue weighted by molar-refractivity contribution is 0.661. The predicted octanol–water partition coefficient (Wildman–Crippen LogP) is 9.03. The predicted molar refractivity (Wildman–Crippen MR) is 148 cm³/mol. The number of hydrogen-bond donors (Lipinski definition) is 0. The molecule has 0 fully saturated rings. The summed E-state index contributed by atoms with van der Waals surface area (Å²) in [6.07, 6.45) is 1.85. The van der Waals surface area contributed by atoms with Crippen LogP contribution in [0, 0.1) is 0 Å². The van der Waals surface area contributed by atoms with Crippen molar-refractivity contribution in [3.63, 3.8) is 0 Å². The quantitative estimate of drug-likeness (QED) is 0.241. The molecule has 0 radical (unpaired) electrons. The van der Waals surface area contributed by atoms with Crippen LogP contribution in [0.15, 0.2) is 115 Å². The van der Waals surface area contributed by atoms with Gasteiger partial charge >= 0.3 is 0 Å². The van der Waals surface area contributed by atoms with Crippen LogP contribution in [0.3, 0.4) is 0 Å². The highest BCUT2D eigenvalue weighted by molar-refractivity contribution is 6.14. The second-order valence-electron chi connectivity index (χ2n) is 10.1. The fourth-order valence-corrected chi connectivity index (χ4v) is 5.92. The Labute approximate surface area is 205 Å². The first-order valence-electron chi connectivity index (χ1n) is 12.2. The summed E-state index contributed by atoms with van der Waals surface area (Å²) >= 11 is 0. The molecule has 1 heterocycles. The van der Waals surface area contributed by atoms with E-state index >= 15 is 0 Å². The molecule has 1 nitrogen and oxygen atoms in total. The van der Waals surface area contributed by atoms with Crippen molar-refractivity contribution < 1.29 is 0 Å². The van der Waals surface area contributed by atoms with E-state index in [0.29, 0.717) is 0 Å². The molecule has 0 saturated heterocycles. The summed E-state index contributed by atoms with van der Waals surface area (Å²) in [6, 6.07) is 39.8. The van der Waals surface area contributed by atoms with Gasteiger partial charge < -0.3 is 0 Å². The maximum Gasteiger partial charge on any atom is 0.0701 e. The third-order valence-corrected chi connectivity index (χ3v) is 7.70. The minimum Gasteiger partial charge on any atom is -0.256 e. The lowest BCUT2D eigenvalue weighted by Gasteiger charge is -2.22. The van der Waals surface area contributed by atoms with Crippen LogP contribution in [0.5, 0.6) is 0 Å². The SMILES string of the molecule is CC1(C)c2ccccc2-c2cc3cc4ccccc4c(-c4ccc(-c5ccccn5)cc4)c3cc21. The number of aromatic nitrogens is 1. The lowest BCUT2D eigenvalue weighted by atomic mass is 9.81. The summed E-state index contributed by atoms with van der Waals surface area (Å²) in [5.74, 6) is 0. The Morgan fingerprint density at radius 3 is 2.11 bits per heavy atom. The summed E-state index contributed by atoms with van der Waals surface area (Å²) in [4.78, 5) is 4.53. The van der Waals surface area contributed by atoms with Crippen LogP contribution in [0.1, 0.15) is 25.0 Å². The van der Waals surface area contributed by atoms with Gasteiger partial charge in [0.1, 0.15) is 0 Å². The molecular formula is C34H25N. The second-order valence-corrected chi connectivity index (χ2v) is 10.1. The van der Waals surface area contributed by atoms with Gasteiger partial charge in [-0.2, -0.15) is 0 Å². The summed E-state index contributed by atoms with van der Waals surface area (Å²) in [7, 11) is 0. The second kappa shape index (κ2) is 7.38. The zero-order chi connectivity index (χ0) is 23.6. The van der Waals surface area contributed by atoms with Crippen molar-refractivity contribution in [1.29, 1.82) is 0 Å². The standard InChI is InChI=1S/C34H25N/c1-34(2)30-12-6-5-11-27(30)29-20-25-19-24-9-3-4-10-26(24)33(28(25)21-31(29)34)23-16-14-22(15-17-23)32-13-7-8-18-35-32/h3-21H,1-2H3. The summed E-state index contributed by atoms with van der Waals surface area (Å²) in [6.45, 7) is 4.71. The molecule has 1 heteroatoms. The number of rotatable bonds is 2. The van der Waals surface area contributed by atoms with Gasteiger partial charge in [0.15, 0.2) is 0 Å². The Kier molecular flexibility index (Phi) is 4.25. The van der Waals surface area contributed by atoms with Gasteiger partial charge in [-0.1, -0.05) is 92.7 Å². The van der Waals surface area contributed by atoms with Gasteiger partial charge in [0, 0.05) is 17.2 Å². The van der Waals surface area contributed by atoms with E-state index in [1.54, 1.807) is 0 Å². The molecule has 0 N–H and O–H groups in total. The molecule has 1 aliphatic rings. The molecule has 1 aliphatic carbocycles. The maximum atomic E-state index is 4.53. The average molecular weight is 448 g/mol. The van der Waals surface area contributed by atoms with Crippen LogP contribution in [-0.2, 0) is 5.41 Å². The summed E-state index contributed by atoms with van der Waals surface area (Å²) in [5, 5.41) is 5.17. The summed E-state index contributed by atoms with van der Waals surface area (Å²) in [5.41, 5.74) is 10.2. The van der Waals surface area contributed by atoms with Gasteiger partial charge in [0.2, 0.25) is 0 Å². The van der Waals surface area contributed by atoms with Gasteiger partial charge in [-0.05, 0) is 85.3 Å². The third kappa shape index (κ3) is 2.98. The van der Waals surface area contributed by atoms with Crippen molar-refractivity contribution in [2.24, 2.45) is 0 Å². The maximum absolute atomic E-state index is 4.53. The third-order valence-electron chi connectivity index (χ3n) is 7.70. The molecule has 0 saturated carbocycles. The van der Waals surface area contributed by atoms with Crippen LogP contribution in [0.4, 0.5) is 0 Å². The van der Waals surface area contributed by atoms with E-state index in [-0.39, 0.29) is 5.41 Å². The largest absolute Gasteiger partial charge is 0.256 e. The first-order valence-corrected chi connectivity index (χ1v) is 12.2. The molecule has 166 valence electrons. The van der Waals surface area contributed by atoms with Crippen LogP contribution >= 0.6 is 0 Å². The van der Waals surface area contributed by atoms with Gasteiger partial charge in [-0.3, -0.25) is 4.98 Å². The van der Waals surface area contributed by atoms with Gasteiger partial charge in [-0.25, -0.2) is 0 Å². The molecule has 0 unspecified atom stereocenters. The first kappa shape index (κ1) is 20.2. The van der Waals surface area contributed by atoms with Gasteiger partial charge in [0.25, 0.3) is 0 Å². The van der Waals surface area contributed by atoms with E-state index in [4.69, 9.17) is 0 Å². The summed E-state index contributed by atoms with van der Waals surface area (Å²) < 4.78 is 0. The van der Waals surface area contributed by atoms with Crippen LogP contribution in [0.2, 0.25) is 0 Å². The van der Waals surface area contributed by atoms with Crippen molar-refractivity contribution in [3.8, 4) is 33.5 Å². The van der Waals surface area contributed by atoms with E-state index < -0.39 is 0 Å². The number of pyridine rings is 1. The van der Waals surface area contributed by atoms with Crippen molar-refractivity contribution in [3.05, 3.63) is 127 Å². The minimum absolute atomic E-state index is 0.0220. The first-order chi connectivity index (χ1) is 17.1. The Morgan fingerprint density at radius 1 is 0.543 bits per heavy atom. The Balaban J connectivity index is 1.51. The number of benzene rings is 5. The Morgan fingerprint density at radius 2 is 1.29 bits per heavy atom. The number of fused-ring (bicyclic) bond motifs is 5. The van der Waals surface area contributed by atoms with E-state index in [1.807, 2.05) is 18.3 Å². The minimum atomic E-state index is -0.0220. The fraction of sp³-hybridized carbons (Fsp3) is 0.0882. The van der Waals surface area contributed by atoms with Crippen molar-refractivity contribution >= 4 is 21.5 Å². The average Bonchev–Trinajstić information content (AvgIpc) is 3.13. The molecule has 0 amide bonds. The highest BCUT2D eigenvalue weighted by Crippen LogP contribution is 2.51. The van der Waals surface area contributed by atoms with Crippen molar-refractivity contribution in [1.82, 2.24) is 4.98 Å². The zero-order valence-electron chi connectivity index (χ0n) is 19.9. The smallest absolute Gasteiger partial charge is 0.0701 e. The number of hydrogen-bond acceptors (Lipinski definition) is 1. The molecular weight excluding hydrogens is 422 g/mol. The molecule has 5 aromatic carbocycles. The zero-order valence-corrected chi connectivity index (χ0v) is 19.9. The molecule has 0 aliphatic heterocycles. The van der Waals surface area contributed by atoms with E-state index in [2.05, 4.69) is 116 Å². The highest BCUT2D eigenvalue weighted by Gasteiger charge is 2.35. The van der Waals surface area contributed by atoms with Crippen LogP contribution < -0.4 is 0 Å². The lowest BCUT2D eigenvalue weighted by Crippen LogP contribution is -2.14. The molecule has 7 rings (SSSR count). The highest BCUT2D eigenvalue weighted by atomic mass is 14.7. The van der Waals surface area contributed by atoms with Crippen molar-refractivity contribution in [2.75, 3.05) is 0 Å². The monoisotopic (exact) mass is 447 g/mol. The normalized spacial score (nSPS) is 13.7. The molecule has 0 spiro atoms. The van der Waals surface area contributed by atoms with Crippen LogP contribution in [0.25, 0.3) is 55.1 Å². The number of nitrogens with zero attached hydrogens (tertiary/aromatic N) is 1. The van der Waals surface area contributed by atoms with Gasteiger partial charge in [-0.15, -0.1) is 0 Å². The van der Waals surface area contributed by atoms with Crippen molar-refractivity contribution in [2.45, 2.75) is 19.3 Å². The molecule has 0 bridgehead atoms. The van der Waals surface area contributed by atoms with E-state index in [9.17, 15) is 0 Å². The molecule has 6 aromatic rings. The van der Waals surface area contributed by atoms with Gasteiger partial charge in [0.05, 0.1) is 5.69 Å². The topological polar surface area (TPSA) is 12.9 Å². The Hall–Kier alpha value is -4.23. The molecule has 0 atom stereocenters. The molecule has 35 heavy (non-hydrogen) atoms.